The fraction of sp³-hybridized carbons (Fsp3) is 1.00. The maximum atomic E-state index is 9.12. The van der Waals surface area contributed by atoms with E-state index < -0.39 is 0 Å². The van der Waals surface area contributed by atoms with Crippen LogP contribution < -0.4 is 0 Å². The van der Waals surface area contributed by atoms with Gasteiger partial charge in [0.15, 0.2) is 0 Å². The zero-order valence-electron chi connectivity index (χ0n) is 56.2. The SMILES string of the molecule is CC(C)(C)N(CO)C(C)(C)C.CC(C)(C)N(CO)CO.CC(C)(C)N1CCCCC1.CC(C)(C)N1CCN(CO)CC1.CCN(C(C)(C)C)C(C)(C)C.CCN(CC)C(C)(C)C.CCN1CCN(C(C)(C)C)CC1. The lowest BCUT2D eigenvalue weighted by Gasteiger charge is -2.44. The molecule has 0 radical (unpaired) electrons. The lowest BCUT2D eigenvalue weighted by atomic mass is 9.96. The van der Waals surface area contributed by atoms with Gasteiger partial charge in [0.25, 0.3) is 0 Å². The average molecular weight is 1060 g/mol. The minimum absolute atomic E-state index is 0.0347. The topological polar surface area (TPSA) is 110 Å². The Labute approximate surface area is 465 Å². The average Bonchev–Trinajstić information content (AvgIpc) is 3.23. The van der Waals surface area contributed by atoms with Gasteiger partial charge in [-0.05, 0) is 239 Å². The number of aliphatic hydroxyl groups excluding tert-OH is 4. The summed E-state index contributed by atoms with van der Waals surface area (Å²) in [5, 5.41) is 35.3. The molecule has 3 fully saturated rings. The summed E-state index contributed by atoms with van der Waals surface area (Å²) in [5.41, 5.74) is 1.88. The van der Waals surface area contributed by atoms with Gasteiger partial charge in [-0.2, -0.15) is 0 Å². The molecule has 3 aliphatic heterocycles. The fourth-order valence-electron chi connectivity index (χ4n) is 9.89. The lowest BCUT2D eigenvalue weighted by molar-refractivity contribution is -0.0349. The van der Waals surface area contributed by atoms with Crippen molar-refractivity contribution in [2.45, 2.75) is 284 Å². The molecule has 13 heteroatoms. The highest BCUT2D eigenvalue weighted by atomic mass is 16.3. The van der Waals surface area contributed by atoms with E-state index in [4.69, 9.17) is 20.4 Å². The molecule has 0 spiro atoms. The van der Waals surface area contributed by atoms with E-state index in [0.717, 1.165) is 45.8 Å². The lowest BCUT2D eigenvalue weighted by Crippen LogP contribution is -2.53. The molecular formula is C61H139N9O4. The van der Waals surface area contributed by atoms with E-state index in [0.29, 0.717) is 16.6 Å². The molecule has 74 heavy (non-hydrogen) atoms. The Kier molecular flexibility index (Phi) is 38.9. The van der Waals surface area contributed by atoms with Crippen molar-refractivity contribution in [2.24, 2.45) is 0 Å². The van der Waals surface area contributed by atoms with Crippen LogP contribution in [0.3, 0.4) is 0 Å². The second-order valence-corrected chi connectivity index (χ2v) is 29.6. The van der Waals surface area contributed by atoms with Crippen LogP contribution >= 0.6 is 0 Å². The Hall–Kier alpha value is -0.520. The van der Waals surface area contributed by atoms with E-state index in [2.05, 4.69) is 233 Å². The first-order valence-corrected chi connectivity index (χ1v) is 29.3. The van der Waals surface area contributed by atoms with Crippen LogP contribution in [0.2, 0.25) is 0 Å². The summed E-state index contributed by atoms with van der Waals surface area (Å²) in [4.78, 5) is 20.7. The minimum atomic E-state index is -0.149. The second-order valence-electron chi connectivity index (χ2n) is 29.6. The third-order valence-electron chi connectivity index (χ3n) is 14.3. The summed E-state index contributed by atoms with van der Waals surface area (Å²) in [6.07, 6.45) is 4.24. The molecule has 3 rings (SSSR count). The summed E-state index contributed by atoms with van der Waals surface area (Å²) in [7, 11) is 0. The van der Waals surface area contributed by atoms with Gasteiger partial charge >= 0.3 is 0 Å². The summed E-state index contributed by atoms with van der Waals surface area (Å²) < 4.78 is 0. The predicted octanol–water partition coefficient (Wildman–Crippen LogP) is 10.9. The quantitative estimate of drug-likeness (QED) is 0.173. The van der Waals surface area contributed by atoms with Gasteiger partial charge in [0.05, 0.1) is 26.9 Å². The molecule has 452 valence electrons. The standard InChI is InChI=1S/C10H22N2.C10H23N.C9H20N2O.C9H21NO.C9H19N.C8H19N.C6H15NO2/c1-5-11-6-8-12(9-7-11)10(2,3)4;1-8-11(9(2,3)4)10(5,6)7;1-9(2,3)11-6-4-10(8-12)5-7-11;1-8(2,3)10(7-11)9(4,5)6;1-9(2,3)10-7-5-4-6-8-10;1-6-9(7-2)8(3,4)5;1-6(2,3)7(4-8)5-9/h5-9H2,1-4H3;8H2,1-7H3;12H,4-8H2,1-3H3;11H,7H2,1-6H3;4-8H2,1-3H3;6-7H2,1-5H3;8-9H,4-5H2,1-3H3. The number of piperazine rings is 2. The van der Waals surface area contributed by atoms with E-state index >= 15 is 0 Å². The minimum Gasteiger partial charge on any atom is -0.381 e. The first-order chi connectivity index (χ1) is 33.1. The number of likely N-dealkylation sites (tertiary alicyclic amines) is 1. The van der Waals surface area contributed by atoms with Gasteiger partial charge in [-0.25, -0.2) is 0 Å². The van der Waals surface area contributed by atoms with E-state index in [-0.39, 0.29) is 60.2 Å². The van der Waals surface area contributed by atoms with Crippen LogP contribution in [0.1, 0.15) is 234 Å². The molecule has 0 atom stereocenters. The highest BCUT2D eigenvalue weighted by Crippen LogP contribution is 2.25. The highest BCUT2D eigenvalue weighted by Gasteiger charge is 2.32. The first-order valence-electron chi connectivity index (χ1n) is 29.3. The fourth-order valence-corrected chi connectivity index (χ4v) is 9.89. The Morgan fingerprint density at radius 2 is 0.581 bits per heavy atom. The molecule has 0 bridgehead atoms. The monoisotopic (exact) mass is 1060 g/mol. The molecule has 0 aromatic rings. The number of aliphatic hydroxyl groups is 4. The van der Waals surface area contributed by atoms with Crippen LogP contribution in [0.4, 0.5) is 0 Å². The van der Waals surface area contributed by atoms with Crippen LogP contribution in [0.15, 0.2) is 0 Å². The van der Waals surface area contributed by atoms with Crippen LogP contribution in [-0.4, -0.2) is 233 Å². The molecule has 4 N–H and O–H groups in total. The van der Waals surface area contributed by atoms with Crippen LogP contribution in [0, 0.1) is 0 Å². The van der Waals surface area contributed by atoms with E-state index in [1.54, 1.807) is 4.90 Å². The molecule has 0 amide bonds. The Morgan fingerprint density at radius 1 is 0.297 bits per heavy atom. The van der Waals surface area contributed by atoms with E-state index in [1.807, 2.05) is 20.8 Å². The van der Waals surface area contributed by atoms with Gasteiger partial charge in [0.1, 0.15) is 0 Å². The highest BCUT2D eigenvalue weighted by molar-refractivity contribution is 4.87. The van der Waals surface area contributed by atoms with Crippen LogP contribution in [0.25, 0.3) is 0 Å². The van der Waals surface area contributed by atoms with Crippen molar-refractivity contribution in [3.63, 3.8) is 0 Å². The molecule has 0 saturated carbocycles. The summed E-state index contributed by atoms with van der Waals surface area (Å²) in [6, 6.07) is 0. The van der Waals surface area contributed by atoms with Gasteiger partial charge in [0, 0.05) is 102 Å². The van der Waals surface area contributed by atoms with Crippen molar-refractivity contribution >= 4 is 0 Å². The maximum Gasteiger partial charge on any atom is 0.0978 e. The molecule has 3 aliphatic rings. The molecule has 0 aliphatic carbocycles. The van der Waals surface area contributed by atoms with Crippen molar-refractivity contribution < 1.29 is 20.4 Å². The second kappa shape index (κ2) is 36.0. The van der Waals surface area contributed by atoms with Gasteiger partial charge in [-0.3, -0.25) is 39.2 Å². The van der Waals surface area contributed by atoms with Gasteiger partial charge in [-0.1, -0.05) is 34.1 Å². The smallest absolute Gasteiger partial charge is 0.0978 e. The molecule has 3 saturated heterocycles. The van der Waals surface area contributed by atoms with Crippen LogP contribution in [-0.2, 0) is 0 Å². The van der Waals surface area contributed by atoms with Crippen molar-refractivity contribution in [1.29, 1.82) is 0 Å². The van der Waals surface area contributed by atoms with Gasteiger partial charge in [0.2, 0.25) is 0 Å². The zero-order chi connectivity index (χ0) is 59.5. The third kappa shape index (κ3) is 37.4. The first kappa shape index (κ1) is 80.0. The predicted molar refractivity (Wildman–Crippen MR) is 327 cm³/mol. The largest absolute Gasteiger partial charge is 0.381 e. The van der Waals surface area contributed by atoms with Crippen molar-refractivity contribution in [3.05, 3.63) is 0 Å². The number of hydrogen-bond donors (Lipinski definition) is 4. The third-order valence-corrected chi connectivity index (χ3v) is 14.3. The summed E-state index contributed by atoms with van der Waals surface area (Å²) in [5.74, 6) is 0. The Bertz CT molecular complexity index is 1190. The van der Waals surface area contributed by atoms with Gasteiger partial charge < -0.3 is 25.3 Å². The normalized spacial score (nSPS) is 17.9. The Balaban J connectivity index is -0.000000387. The van der Waals surface area contributed by atoms with E-state index in [1.165, 1.54) is 65.1 Å². The number of rotatable bonds is 8. The maximum absolute atomic E-state index is 9.12. The summed E-state index contributed by atoms with van der Waals surface area (Å²) >= 11 is 0. The molecule has 3 heterocycles. The van der Waals surface area contributed by atoms with Crippen molar-refractivity contribution in [1.82, 2.24) is 44.1 Å². The number of piperidine rings is 1. The number of hydrogen-bond acceptors (Lipinski definition) is 13. The molecule has 13 nitrogen and oxygen atoms in total. The Morgan fingerprint density at radius 3 is 0.703 bits per heavy atom. The molecular weight excluding hydrogens is 923 g/mol. The van der Waals surface area contributed by atoms with Crippen LogP contribution in [0.5, 0.6) is 0 Å². The number of nitrogens with zero attached hydrogens (tertiary/aromatic N) is 9. The van der Waals surface area contributed by atoms with E-state index in [9.17, 15) is 0 Å². The van der Waals surface area contributed by atoms with Gasteiger partial charge in [-0.15, -0.1) is 0 Å². The van der Waals surface area contributed by atoms with Crippen molar-refractivity contribution in [3.8, 4) is 0 Å². The molecule has 0 aromatic heterocycles. The summed E-state index contributed by atoms with van der Waals surface area (Å²) in [6.45, 7) is 84.6. The number of likely N-dealkylation sites (N-methyl/N-ethyl adjacent to an activating group) is 1. The molecule has 0 unspecified atom stereocenters. The van der Waals surface area contributed by atoms with Crippen molar-refractivity contribution in [2.75, 3.05) is 119 Å². The zero-order valence-corrected chi connectivity index (χ0v) is 56.2. The molecule has 0 aromatic carbocycles.